The quantitative estimate of drug-likeness (QED) is 0.757. The molecule has 4 heteroatoms. The first-order valence-electron chi connectivity index (χ1n) is 6.92. The lowest BCUT2D eigenvalue weighted by Crippen LogP contribution is -2.52. The Morgan fingerprint density at radius 1 is 1.35 bits per heavy atom. The second-order valence-electron chi connectivity index (χ2n) is 5.66. The van der Waals surface area contributed by atoms with Gasteiger partial charge in [-0.1, -0.05) is 6.42 Å². The van der Waals surface area contributed by atoms with Gasteiger partial charge in [-0.3, -0.25) is 4.90 Å². The van der Waals surface area contributed by atoms with Crippen molar-refractivity contribution in [1.82, 2.24) is 4.90 Å². The molecule has 0 amide bonds. The second kappa shape index (κ2) is 6.14. The predicted molar refractivity (Wildman–Crippen MR) is 67.8 cm³/mol. The minimum Gasteiger partial charge on any atom is -0.395 e. The Bertz CT molecular complexity index is 229. The monoisotopic (exact) mass is 242 g/mol. The molecule has 4 nitrogen and oxygen atoms in total. The highest BCUT2D eigenvalue weighted by Crippen LogP contribution is 2.31. The number of rotatable bonds is 4. The Morgan fingerprint density at radius 3 is 2.88 bits per heavy atom. The molecule has 0 aromatic heterocycles. The van der Waals surface area contributed by atoms with Crippen LogP contribution >= 0.6 is 0 Å². The first-order chi connectivity index (χ1) is 8.29. The summed E-state index contributed by atoms with van der Waals surface area (Å²) in [6.07, 6.45) is 5.90. The molecule has 2 atom stereocenters. The van der Waals surface area contributed by atoms with Crippen LogP contribution < -0.4 is 5.73 Å². The normalized spacial score (nSPS) is 36.0. The van der Waals surface area contributed by atoms with Gasteiger partial charge in [0.05, 0.1) is 13.2 Å². The van der Waals surface area contributed by atoms with E-state index in [1.807, 2.05) is 0 Å². The van der Waals surface area contributed by atoms with Crippen LogP contribution in [-0.2, 0) is 4.74 Å². The summed E-state index contributed by atoms with van der Waals surface area (Å²) < 4.78 is 5.62. The Labute approximate surface area is 104 Å². The summed E-state index contributed by atoms with van der Waals surface area (Å²) >= 11 is 0. The smallest absolute Gasteiger partial charge is 0.0586 e. The molecule has 0 aromatic carbocycles. The lowest BCUT2D eigenvalue weighted by Gasteiger charge is -2.44. The summed E-state index contributed by atoms with van der Waals surface area (Å²) in [4.78, 5) is 2.44. The number of piperidine rings is 1. The van der Waals surface area contributed by atoms with E-state index in [2.05, 4.69) is 4.90 Å². The van der Waals surface area contributed by atoms with Gasteiger partial charge in [0, 0.05) is 31.2 Å². The van der Waals surface area contributed by atoms with Crippen LogP contribution in [0.5, 0.6) is 0 Å². The van der Waals surface area contributed by atoms with Crippen LogP contribution in [0.3, 0.4) is 0 Å². The number of nitrogens with zero attached hydrogens (tertiary/aromatic N) is 1. The summed E-state index contributed by atoms with van der Waals surface area (Å²) in [6.45, 7) is 4.74. The van der Waals surface area contributed by atoms with Crippen molar-refractivity contribution >= 4 is 0 Å². The van der Waals surface area contributed by atoms with Crippen molar-refractivity contribution in [3.8, 4) is 0 Å². The lowest BCUT2D eigenvalue weighted by atomic mass is 9.81. The van der Waals surface area contributed by atoms with Gasteiger partial charge >= 0.3 is 0 Å². The van der Waals surface area contributed by atoms with Gasteiger partial charge in [0.25, 0.3) is 0 Å². The molecule has 0 aromatic rings. The fourth-order valence-electron chi connectivity index (χ4n) is 3.17. The maximum Gasteiger partial charge on any atom is 0.0586 e. The van der Waals surface area contributed by atoms with E-state index in [-0.39, 0.29) is 12.0 Å². The van der Waals surface area contributed by atoms with Crippen LogP contribution in [0, 0.1) is 5.41 Å². The number of likely N-dealkylation sites (tertiary alicyclic amines) is 1. The standard InChI is InChI=1S/C13H26N2O2/c14-9-13(5-3-7-17-11-13)10-15-6-2-1-4-12(15)8-16/h12,16H,1-11,14H2. The third-order valence-corrected chi connectivity index (χ3v) is 4.34. The van der Waals surface area contributed by atoms with E-state index in [1.54, 1.807) is 0 Å². The van der Waals surface area contributed by atoms with Crippen molar-refractivity contribution in [2.75, 3.05) is 39.5 Å². The Kier molecular flexibility index (Phi) is 4.79. The summed E-state index contributed by atoms with van der Waals surface area (Å²) in [6, 6.07) is 0.342. The van der Waals surface area contributed by atoms with Crippen LogP contribution in [0.1, 0.15) is 32.1 Å². The Hall–Kier alpha value is -0.160. The maximum atomic E-state index is 9.44. The molecule has 3 N–H and O–H groups in total. The van der Waals surface area contributed by atoms with Crippen molar-refractivity contribution in [1.29, 1.82) is 0 Å². The summed E-state index contributed by atoms with van der Waals surface area (Å²) in [7, 11) is 0. The molecule has 2 aliphatic rings. The number of nitrogens with two attached hydrogens (primary N) is 1. The highest BCUT2D eigenvalue weighted by atomic mass is 16.5. The first kappa shape index (κ1) is 13.3. The van der Waals surface area contributed by atoms with Crippen molar-refractivity contribution in [3.05, 3.63) is 0 Å². The van der Waals surface area contributed by atoms with Crippen LogP contribution in [-0.4, -0.2) is 55.5 Å². The van der Waals surface area contributed by atoms with Crippen molar-refractivity contribution < 1.29 is 9.84 Å². The minimum absolute atomic E-state index is 0.128. The van der Waals surface area contributed by atoms with E-state index >= 15 is 0 Å². The fourth-order valence-corrected chi connectivity index (χ4v) is 3.17. The molecule has 2 rings (SSSR count). The first-order valence-corrected chi connectivity index (χ1v) is 6.92. The molecule has 17 heavy (non-hydrogen) atoms. The van der Waals surface area contributed by atoms with E-state index in [4.69, 9.17) is 10.5 Å². The fraction of sp³-hybridized carbons (Fsp3) is 1.00. The number of ether oxygens (including phenoxy) is 1. The molecule has 0 saturated carbocycles. The zero-order chi connectivity index (χ0) is 12.1. The van der Waals surface area contributed by atoms with E-state index in [1.165, 1.54) is 12.8 Å². The van der Waals surface area contributed by atoms with E-state index in [0.717, 1.165) is 45.6 Å². The third-order valence-electron chi connectivity index (χ3n) is 4.34. The molecule has 2 saturated heterocycles. The SMILES string of the molecule is NCC1(CN2CCCCC2CO)CCCOC1. The molecular weight excluding hydrogens is 216 g/mol. The minimum atomic E-state index is 0.128. The van der Waals surface area contributed by atoms with Gasteiger partial charge in [0.1, 0.15) is 0 Å². The molecule has 0 radical (unpaired) electrons. The molecule has 0 bridgehead atoms. The summed E-state index contributed by atoms with van der Waals surface area (Å²) in [5.41, 5.74) is 6.10. The van der Waals surface area contributed by atoms with Gasteiger partial charge in [-0.25, -0.2) is 0 Å². The van der Waals surface area contributed by atoms with Crippen molar-refractivity contribution in [2.45, 2.75) is 38.1 Å². The van der Waals surface area contributed by atoms with Gasteiger partial charge in [0.2, 0.25) is 0 Å². The lowest BCUT2D eigenvalue weighted by molar-refractivity contribution is -0.0388. The Balaban J connectivity index is 1.96. The second-order valence-corrected chi connectivity index (χ2v) is 5.66. The molecule has 2 unspecified atom stereocenters. The molecular formula is C13H26N2O2. The molecule has 0 aliphatic carbocycles. The van der Waals surface area contributed by atoms with Crippen LogP contribution in [0.4, 0.5) is 0 Å². The highest BCUT2D eigenvalue weighted by molar-refractivity contribution is 4.89. The van der Waals surface area contributed by atoms with E-state index < -0.39 is 0 Å². The van der Waals surface area contributed by atoms with Crippen molar-refractivity contribution in [2.24, 2.45) is 11.1 Å². The Morgan fingerprint density at radius 2 is 2.24 bits per heavy atom. The van der Waals surface area contributed by atoms with Gasteiger partial charge in [0.15, 0.2) is 0 Å². The largest absolute Gasteiger partial charge is 0.395 e. The summed E-state index contributed by atoms with van der Waals surface area (Å²) in [5.74, 6) is 0. The molecule has 100 valence electrons. The third kappa shape index (κ3) is 3.19. The van der Waals surface area contributed by atoms with Crippen LogP contribution in [0.25, 0.3) is 0 Å². The number of aliphatic hydroxyl groups is 1. The van der Waals surface area contributed by atoms with Crippen LogP contribution in [0.2, 0.25) is 0 Å². The molecule has 2 fully saturated rings. The predicted octanol–water partition coefficient (Wildman–Crippen LogP) is 0.589. The highest BCUT2D eigenvalue weighted by Gasteiger charge is 2.36. The topological polar surface area (TPSA) is 58.7 Å². The molecule has 0 spiro atoms. The number of hydrogen-bond donors (Lipinski definition) is 2. The van der Waals surface area contributed by atoms with Gasteiger partial charge in [-0.15, -0.1) is 0 Å². The maximum absolute atomic E-state index is 9.44. The average molecular weight is 242 g/mol. The number of hydrogen-bond acceptors (Lipinski definition) is 4. The van der Waals surface area contributed by atoms with Gasteiger partial charge in [-0.05, 0) is 32.2 Å². The summed E-state index contributed by atoms with van der Waals surface area (Å²) in [5, 5.41) is 9.44. The van der Waals surface area contributed by atoms with Gasteiger partial charge in [-0.2, -0.15) is 0 Å². The zero-order valence-corrected chi connectivity index (χ0v) is 10.7. The van der Waals surface area contributed by atoms with Crippen LogP contribution in [0.15, 0.2) is 0 Å². The van der Waals surface area contributed by atoms with Gasteiger partial charge < -0.3 is 15.6 Å². The zero-order valence-electron chi connectivity index (χ0n) is 10.7. The molecule has 2 aliphatic heterocycles. The molecule has 2 heterocycles. The van der Waals surface area contributed by atoms with E-state index in [9.17, 15) is 5.11 Å². The van der Waals surface area contributed by atoms with E-state index in [0.29, 0.717) is 12.6 Å². The van der Waals surface area contributed by atoms with Crippen molar-refractivity contribution in [3.63, 3.8) is 0 Å². The average Bonchev–Trinajstić information content (AvgIpc) is 2.40. The number of aliphatic hydroxyl groups excluding tert-OH is 1.